The topological polar surface area (TPSA) is 110 Å². The Morgan fingerprint density at radius 2 is 1.03 bits per heavy atom. The van der Waals surface area contributed by atoms with E-state index < -0.39 is 36.8 Å². The van der Waals surface area contributed by atoms with Gasteiger partial charge in [0.15, 0.2) is 5.79 Å². The van der Waals surface area contributed by atoms with Crippen molar-refractivity contribution in [1.29, 1.82) is 0 Å². The lowest BCUT2D eigenvalue weighted by molar-refractivity contribution is -0.351. The Kier molecular flexibility index (Phi) is 15.2. The smallest absolute Gasteiger partial charge is 0.195 e. The minimum Gasteiger partial charge on any atom is -0.394 e. The Hall–Kier alpha value is -0.240. The molecule has 1 fully saturated rings. The highest BCUT2D eigenvalue weighted by Gasteiger charge is 2.51. The van der Waals surface area contributed by atoms with Crippen LogP contribution in [0.5, 0.6) is 0 Å². The maximum atomic E-state index is 10.5. The predicted octanol–water partition coefficient (Wildman–Crippen LogP) is 3.80. The van der Waals surface area contributed by atoms with E-state index >= 15 is 0 Å². The zero-order valence-corrected chi connectivity index (χ0v) is 19.2. The molecule has 0 unspecified atom stereocenters. The SMILES string of the molecule is CCCCCCCCCCCCCCCCCC[C@@]1(O)O[C@H](CO)[C@@H](O)[C@H](O)[C@H]1O. The van der Waals surface area contributed by atoms with Crippen LogP contribution in [0.1, 0.15) is 116 Å². The van der Waals surface area contributed by atoms with Gasteiger partial charge in [0, 0.05) is 6.42 Å². The van der Waals surface area contributed by atoms with Crippen LogP contribution in [0.4, 0.5) is 0 Å². The van der Waals surface area contributed by atoms with E-state index in [0.29, 0.717) is 6.42 Å². The largest absolute Gasteiger partial charge is 0.394 e. The van der Waals surface area contributed by atoms with Crippen LogP contribution in [-0.4, -0.2) is 62.3 Å². The molecule has 6 nitrogen and oxygen atoms in total. The van der Waals surface area contributed by atoms with Gasteiger partial charge < -0.3 is 30.3 Å². The summed E-state index contributed by atoms with van der Waals surface area (Å²) in [6.45, 7) is 1.74. The maximum absolute atomic E-state index is 10.5. The van der Waals surface area contributed by atoms with E-state index in [1.54, 1.807) is 0 Å². The summed E-state index contributed by atoms with van der Waals surface area (Å²) in [4.78, 5) is 0. The molecule has 0 aromatic carbocycles. The first kappa shape index (κ1) is 27.8. The Morgan fingerprint density at radius 1 is 0.633 bits per heavy atom. The van der Waals surface area contributed by atoms with Crippen LogP contribution in [0.3, 0.4) is 0 Å². The highest BCUT2D eigenvalue weighted by molar-refractivity contribution is 4.95. The monoisotopic (exact) mass is 432 g/mol. The van der Waals surface area contributed by atoms with Crippen molar-refractivity contribution >= 4 is 0 Å². The van der Waals surface area contributed by atoms with Crippen LogP contribution in [0, 0.1) is 0 Å². The number of aliphatic hydroxyl groups excluding tert-OH is 4. The summed E-state index contributed by atoms with van der Waals surface area (Å²) in [6.07, 6.45) is 14.6. The zero-order chi connectivity index (χ0) is 22.2. The third-order valence-corrected chi connectivity index (χ3v) is 6.44. The molecule has 0 bridgehead atoms. The molecule has 1 heterocycles. The summed E-state index contributed by atoms with van der Waals surface area (Å²) in [6, 6.07) is 0. The molecule has 0 amide bonds. The third kappa shape index (κ3) is 10.4. The molecular formula is C24H48O6. The van der Waals surface area contributed by atoms with Crippen molar-refractivity contribution in [3.8, 4) is 0 Å². The number of unbranched alkanes of at least 4 members (excludes halogenated alkanes) is 15. The van der Waals surface area contributed by atoms with Crippen LogP contribution in [-0.2, 0) is 4.74 Å². The summed E-state index contributed by atoms with van der Waals surface area (Å²) in [7, 11) is 0. The van der Waals surface area contributed by atoms with Gasteiger partial charge in [0.2, 0.25) is 0 Å². The van der Waals surface area contributed by atoms with Gasteiger partial charge in [0.25, 0.3) is 0 Å². The average molecular weight is 433 g/mol. The van der Waals surface area contributed by atoms with Gasteiger partial charge in [-0.15, -0.1) is 0 Å². The Balaban J connectivity index is 1.96. The second-order valence-electron chi connectivity index (χ2n) is 9.16. The van der Waals surface area contributed by atoms with Gasteiger partial charge in [0.1, 0.15) is 24.4 Å². The molecule has 0 aromatic rings. The molecule has 0 aromatic heterocycles. The quantitative estimate of drug-likeness (QED) is 0.211. The van der Waals surface area contributed by atoms with E-state index in [9.17, 15) is 25.5 Å². The zero-order valence-electron chi connectivity index (χ0n) is 19.2. The highest BCUT2D eigenvalue weighted by atomic mass is 16.7. The number of hydrogen-bond donors (Lipinski definition) is 5. The van der Waals surface area contributed by atoms with Gasteiger partial charge >= 0.3 is 0 Å². The van der Waals surface area contributed by atoms with Gasteiger partial charge in [-0.05, 0) is 6.42 Å². The minimum absolute atomic E-state index is 0.174. The molecule has 1 aliphatic rings. The first-order valence-electron chi connectivity index (χ1n) is 12.5. The van der Waals surface area contributed by atoms with Crippen LogP contribution in [0.25, 0.3) is 0 Å². The van der Waals surface area contributed by atoms with Crippen molar-refractivity contribution in [1.82, 2.24) is 0 Å². The van der Waals surface area contributed by atoms with E-state index in [1.165, 1.54) is 83.5 Å². The number of hydrogen-bond acceptors (Lipinski definition) is 6. The highest BCUT2D eigenvalue weighted by Crippen LogP contribution is 2.32. The molecule has 5 atom stereocenters. The molecule has 1 saturated heterocycles. The standard InChI is InChI=1S/C24H48O6/c1-2-3-4-5-6-7-8-9-10-11-12-13-14-15-16-17-18-24(29)23(28)22(27)21(26)20(19-25)30-24/h20-23,25-29H,2-19H2,1H3/t20-,21-,22+,23-,24-/m1/s1. The van der Waals surface area contributed by atoms with E-state index in [2.05, 4.69) is 6.92 Å². The number of ether oxygens (including phenoxy) is 1. The van der Waals surface area contributed by atoms with E-state index in [4.69, 9.17) is 4.74 Å². The Bertz CT molecular complexity index is 405. The summed E-state index contributed by atoms with van der Waals surface area (Å²) in [5, 5.41) is 49.4. The van der Waals surface area contributed by atoms with Crippen LogP contribution < -0.4 is 0 Å². The van der Waals surface area contributed by atoms with E-state index in [0.717, 1.165) is 12.8 Å². The third-order valence-electron chi connectivity index (χ3n) is 6.44. The molecular weight excluding hydrogens is 384 g/mol. The van der Waals surface area contributed by atoms with Crippen LogP contribution >= 0.6 is 0 Å². The number of rotatable bonds is 18. The molecule has 0 saturated carbocycles. The van der Waals surface area contributed by atoms with Crippen LogP contribution in [0.15, 0.2) is 0 Å². The van der Waals surface area contributed by atoms with Crippen molar-refractivity contribution in [3.05, 3.63) is 0 Å². The van der Waals surface area contributed by atoms with E-state index in [-0.39, 0.29) is 6.42 Å². The second kappa shape index (κ2) is 16.4. The van der Waals surface area contributed by atoms with Crippen molar-refractivity contribution < 1.29 is 30.3 Å². The molecule has 1 aliphatic heterocycles. The molecule has 0 radical (unpaired) electrons. The molecule has 6 heteroatoms. The van der Waals surface area contributed by atoms with Crippen LogP contribution in [0.2, 0.25) is 0 Å². The normalized spacial score (nSPS) is 29.4. The molecule has 0 spiro atoms. The lowest BCUT2D eigenvalue weighted by Gasteiger charge is -2.45. The van der Waals surface area contributed by atoms with E-state index in [1.807, 2.05) is 0 Å². The van der Waals surface area contributed by atoms with Gasteiger partial charge in [-0.25, -0.2) is 0 Å². The summed E-state index contributed by atoms with van der Waals surface area (Å²) >= 11 is 0. The molecule has 0 aliphatic carbocycles. The fourth-order valence-electron chi connectivity index (χ4n) is 4.35. The Morgan fingerprint density at radius 3 is 1.43 bits per heavy atom. The summed E-state index contributed by atoms with van der Waals surface area (Å²) < 4.78 is 5.29. The van der Waals surface area contributed by atoms with Gasteiger partial charge in [0.05, 0.1) is 6.61 Å². The molecule has 5 N–H and O–H groups in total. The van der Waals surface area contributed by atoms with Crippen molar-refractivity contribution in [2.45, 2.75) is 146 Å². The van der Waals surface area contributed by atoms with Crippen molar-refractivity contribution in [3.63, 3.8) is 0 Å². The molecule has 180 valence electrons. The molecule has 30 heavy (non-hydrogen) atoms. The number of aliphatic hydroxyl groups is 5. The summed E-state index contributed by atoms with van der Waals surface area (Å²) in [5.41, 5.74) is 0. The first-order valence-corrected chi connectivity index (χ1v) is 12.5. The average Bonchev–Trinajstić information content (AvgIpc) is 2.74. The molecule has 1 rings (SSSR count). The minimum atomic E-state index is -1.91. The van der Waals surface area contributed by atoms with Gasteiger partial charge in [-0.3, -0.25) is 0 Å². The fraction of sp³-hybridized carbons (Fsp3) is 1.00. The van der Waals surface area contributed by atoms with Gasteiger partial charge in [-0.1, -0.05) is 103 Å². The Labute approximate surface area is 183 Å². The second-order valence-corrected chi connectivity index (χ2v) is 9.16. The predicted molar refractivity (Wildman–Crippen MR) is 119 cm³/mol. The first-order chi connectivity index (χ1) is 14.5. The lowest BCUT2D eigenvalue weighted by Crippen LogP contribution is -2.65. The van der Waals surface area contributed by atoms with Crippen molar-refractivity contribution in [2.24, 2.45) is 0 Å². The van der Waals surface area contributed by atoms with Gasteiger partial charge in [-0.2, -0.15) is 0 Å². The van der Waals surface area contributed by atoms with Crippen molar-refractivity contribution in [2.75, 3.05) is 6.61 Å². The lowest BCUT2D eigenvalue weighted by atomic mass is 9.89. The summed E-state index contributed by atoms with van der Waals surface area (Å²) in [5.74, 6) is -1.91. The maximum Gasteiger partial charge on any atom is 0.195 e. The fourth-order valence-corrected chi connectivity index (χ4v) is 4.35.